The van der Waals surface area contributed by atoms with Crippen molar-refractivity contribution >= 4 is 11.0 Å². The van der Waals surface area contributed by atoms with E-state index in [0.717, 1.165) is 29.7 Å². The molecular weight excluding hydrogens is 258 g/mol. The number of hydrogen-bond acceptors (Lipinski definition) is 2. The quantitative estimate of drug-likeness (QED) is 0.875. The van der Waals surface area contributed by atoms with Crippen LogP contribution in [0.25, 0.3) is 11.0 Å². The van der Waals surface area contributed by atoms with E-state index < -0.39 is 0 Å². The molecule has 1 aromatic carbocycles. The van der Waals surface area contributed by atoms with Crippen LogP contribution in [0.2, 0.25) is 0 Å². The number of aryl methyl sites for hydroxylation is 1. The molecule has 0 saturated heterocycles. The highest BCUT2D eigenvalue weighted by Gasteiger charge is 2.34. The number of benzene rings is 1. The van der Waals surface area contributed by atoms with Crippen molar-refractivity contribution in [1.82, 2.24) is 0 Å². The van der Waals surface area contributed by atoms with Crippen LogP contribution in [-0.2, 0) is 0 Å². The van der Waals surface area contributed by atoms with Crippen molar-refractivity contribution in [2.75, 3.05) is 6.54 Å². The van der Waals surface area contributed by atoms with Crippen molar-refractivity contribution < 1.29 is 4.42 Å². The zero-order valence-electron chi connectivity index (χ0n) is 13.4. The van der Waals surface area contributed by atoms with Crippen LogP contribution in [0.5, 0.6) is 0 Å². The summed E-state index contributed by atoms with van der Waals surface area (Å²) in [5, 5.41) is 1.23. The molecule has 3 atom stereocenters. The van der Waals surface area contributed by atoms with E-state index in [9.17, 15) is 0 Å². The maximum Gasteiger partial charge on any atom is 0.137 e. The molecule has 21 heavy (non-hydrogen) atoms. The molecule has 2 heteroatoms. The van der Waals surface area contributed by atoms with Gasteiger partial charge in [0.25, 0.3) is 0 Å². The summed E-state index contributed by atoms with van der Waals surface area (Å²) in [7, 11) is 0. The van der Waals surface area contributed by atoms with Crippen LogP contribution in [0.3, 0.4) is 0 Å². The minimum Gasteiger partial charge on any atom is -0.460 e. The maximum atomic E-state index is 6.24. The number of fused-ring (bicyclic) bond motifs is 1. The second kappa shape index (κ2) is 5.84. The lowest BCUT2D eigenvalue weighted by molar-refractivity contribution is 0.183. The number of nitrogens with two attached hydrogens (primary N) is 1. The molecule has 1 aromatic heterocycles. The Morgan fingerprint density at radius 1 is 1.29 bits per heavy atom. The van der Waals surface area contributed by atoms with Crippen LogP contribution >= 0.6 is 0 Å². The van der Waals surface area contributed by atoms with E-state index in [0.29, 0.717) is 11.8 Å². The zero-order chi connectivity index (χ0) is 15.0. The molecule has 0 bridgehead atoms. The first-order chi connectivity index (χ1) is 10.1. The zero-order valence-corrected chi connectivity index (χ0v) is 13.4. The fourth-order valence-corrected chi connectivity index (χ4v) is 3.91. The third-order valence-corrected chi connectivity index (χ3v) is 5.41. The van der Waals surface area contributed by atoms with Crippen LogP contribution < -0.4 is 5.73 Å². The van der Waals surface area contributed by atoms with Gasteiger partial charge in [0, 0.05) is 11.3 Å². The van der Waals surface area contributed by atoms with Crippen molar-refractivity contribution in [3.05, 3.63) is 35.6 Å². The molecule has 3 unspecified atom stereocenters. The molecule has 114 valence electrons. The Balaban J connectivity index is 1.95. The lowest BCUT2D eigenvalue weighted by Gasteiger charge is -2.36. The topological polar surface area (TPSA) is 39.2 Å². The van der Waals surface area contributed by atoms with Crippen LogP contribution in [0.15, 0.2) is 28.7 Å². The summed E-state index contributed by atoms with van der Waals surface area (Å²) < 4.78 is 6.24. The van der Waals surface area contributed by atoms with E-state index in [1.807, 2.05) is 0 Å². The Morgan fingerprint density at radius 2 is 2.10 bits per heavy atom. The Morgan fingerprint density at radius 3 is 2.76 bits per heavy atom. The first-order valence-corrected chi connectivity index (χ1v) is 8.29. The lowest BCUT2D eigenvalue weighted by Crippen LogP contribution is -2.30. The second-order valence-corrected chi connectivity index (χ2v) is 7.06. The average molecular weight is 285 g/mol. The molecule has 0 spiro atoms. The molecule has 2 nitrogen and oxygen atoms in total. The van der Waals surface area contributed by atoms with Crippen LogP contribution in [0.1, 0.15) is 50.4 Å². The first kappa shape index (κ1) is 14.6. The van der Waals surface area contributed by atoms with Crippen LogP contribution in [0.4, 0.5) is 0 Å². The van der Waals surface area contributed by atoms with Gasteiger partial charge in [-0.05, 0) is 62.1 Å². The number of rotatable bonds is 3. The molecule has 0 amide bonds. The van der Waals surface area contributed by atoms with Crippen molar-refractivity contribution in [2.24, 2.45) is 23.5 Å². The average Bonchev–Trinajstić information content (AvgIpc) is 2.92. The summed E-state index contributed by atoms with van der Waals surface area (Å²) in [6.45, 7) is 7.57. The maximum absolute atomic E-state index is 6.24. The van der Waals surface area contributed by atoms with E-state index in [4.69, 9.17) is 10.2 Å². The predicted octanol–water partition coefficient (Wildman–Crippen LogP) is 4.86. The van der Waals surface area contributed by atoms with Gasteiger partial charge < -0.3 is 10.2 Å². The Labute approximate surface area is 127 Å². The molecule has 1 aliphatic rings. The van der Waals surface area contributed by atoms with E-state index in [1.165, 1.54) is 30.2 Å². The SMILES string of the molecule is Cc1cccc2cc(C3CC(C(C)C)CCC3CN)oc12. The second-order valence-electron chi connectivity index (χ2n) is 7.06. The van der Waals surface area contributed by atoms with E-state index in [2.05, 4.69) is 45.0 Å². The molecule has 0 radical (unpaired) electrons. The normalized spacial score (nSPS) is 26.6. The lowest BCUT2D eigenvalue weighted by atomic mass is 9.70. The third-order valence-electron chi connectivity index (χ3n) is 5.41. The highest BCUT2D eigenvalue weighted by Crippen LogP contribution is 2.44. The fourth-order valence-electron chi connectivity index (χ4n) is 3.91. The van der Waals surface area contributed by atoms with Gasteiger partial charge in [0.1, 0.15) is 11.3 Å². The summed E-state index contributed by atoms with van der Waals surface area (Å²) in [6, 6.07) is 8.62. The molecule has 0 aliphatic heterocycles. The molecule has 1 heterocycles. The van der Waals surface area contributed by atoms with Gasteiger partial charge >= 0.3 is 0 Å². The predicted molar refractivity (Wildman–Crippen MR) is 88.4 cm³/mol. The van der Waals surface area contributed by atoms with Gasteiger partial charge in [0.15, 0.2) is 0 Å². The van der Waals surface area contributed by atoms with Gasteiger partial charge in [0.2, 0.25) is 0 Å². The van der Waals surface area contributed by atoms with Gasteiger partial charge in [-0.25, -0.2) is 0 Å². The number of hydrogen-bond donors (Lipinski definition) is 1. The summed E-state index contributed by atoms with van der Waals surface area (Å²) in [5.41, 5.74) is 8.31. The van der Waals surface area contributed by atoms with Crippen molar-refractivity contribution in [3.63, 3.8) is 0 Å². The summed E-state index contributed by atoms with van der Waals surface area (Å²) >= 11 is 0. The number of furan rings is 1. The van der Waals surface area contributed by atoms with Gasteiger partial charge in [-0.2, -0.15) is 0 Å². The smallest absolute Gasteiger partial charge is 0.137 e. The van der Waals surface area contributed by atoms with Gasteiger partial charge in [-0.1, -0.05) is 32.0 Å². The summed E-state index contributed by atoms with van der Waals surface area (Å²) in [5.74, 6) is 3.76. The fraction of sp³-hybridized carbons (Fsp3) is 0.579. The van der Waals surface area contributed by atoms with Gasteiger partial charge in [-0.15, -0.1) is 0 Å². The molecule has 3 rings (SSSR count). The minimum absolute atomic E-state index is 0.489. The summed E-state index contributed by atoms with van der Waals surface area (Å²) in [6.07, 6.45) is 3.77. The van der Waals surface area contributed by atoms with Crippen molar-refractivity contribution in [3.8, 4) is 0 Å². The minimum atomic E-state index is 0.489. The molecular formula is C19H27NO. The van der Waals surface area contributed by atoms with Crippen LogP contribution in [0, 0.1) is 24.7 Å². The van der Waals surface area contributed by atoms with E-state index in [1.54, 1.807) is 0 Å². The van der Waals surface area contributed by atoms with Crippen molar-refractivity contribution in [2.45, 2.75) is 46.0 Å². The Kier molecular flexibility index (Phi) is 4.08. The van der Waals surface area contributed by atoms with E-state index >= 15 is 0 Å². The molecule has 1 saturated carbocycles. The highest BCUT2D eigenvalue weighted by molar-refractivity contribution is 5.81. The first-order valence-electron chi connectivity index (χ1n) is 8.29. The summed E-state index contributed by atoms with van der Waals surface area (Å²) in [4.78, 5) is 0. The molecule has 1 aliphatic carbocycles. The highest BCUT2D eigenvalue weighted by atomic mass is 16.3. The third kappa shape index (κ3) is 2.74. The standard InChI is InChI=1S/C19H27NO/c1-12(2)14-7-8-16(11-20)17(9-14)18-10-15-6-4-5-13(3)19(15)21-18/h4-6,10,12,14,16-17H,7-9,11,20H2,1-3H3. The monoisotopic (exact) mass is 285 g/mol. The number of para-hydroxylation sites is 1. The van der Waals surface area contributed by atoms with Gasteiger partial charge in [-0.3, -0.25) is 0 Å². The molecule has 2 aromatic rings. The largest absolute Gasteiger partial charge is 0.460 e. The van der Waals surface area contributed by atoms with E-state index in [-0.39, 0.29) is 0 Å². The van der Waals surface area contributed by atoms with Crippen LogP contribution in [-0.4, -0.2) is 6.54 Å². The Hall–Kier alpha value is -1.28. The molecule has 1 fully saturated rings. The van der Waals surface area contributed by atoms with Crippen molar-refractivity contribution in [1.29, 1.82) is 0 Å². The Bertz CT molecular complexity index is 613. The van der Waals surface area contributed by atoms with Gasteiger partial charge in [0.05, 0.1) is 0 Å². The molecule has 2 N–H and O–H groups in total.